The van der Waals surface area contributed by atoms with Gasteiger partial charge in [0.15, 0.2) is 6.61 Å². The molecule has 0 aliphatic carbocycles. The number of hydrogen-bond acceptors (Lipinski definition) is 5. The highest BCUT2D eigenvalue weighted by atomic mass is 35.5. The van der Waals surface area contributed by atoms with E-state index in [0.29, 0.717) is 23.1 Å². The van der Waals surface area contributed by atoms with Crippen LogP contribution in [-0.2, 0) is 20.5 Å². The molecule has 1 N–H and O–H groups in total. The fourth-order valence-electron chi connectivity index (χ4n) is 2.28. The minimum atomic E-state index is -4.59. The molecular formula is C20H17ClF3NO5. The van der Waals surface area contributed by atoms with Crippen LogP contribution >= 0.6 is 11.6 Å². The highest BCUT2D eigenvalue weighted by molar-refractivity contribution is 6.33. The van der Waals surface area contributed by atoms with Crippen molar-refractivity contribution in [3.8, 4) is 11.5 Å². The van der Waals surface area contributed by atoms with Gasteiger partial charge in [-0.3, -0.25) is 4.79 Å². The Morgan fingerprint density at radius 2 is 1.83 bits per heavy atom. The number of hydrogen-bond donors (Lipinski definition) is 1. The largest absolute Gasteiger partial charge is 0.497 e. The van der Waals surface area contributed by atoms with Gasteiger partial charge in [-0.2, -0.15) is 13.2 Å². The van der Waals surface area contributed by atoms with Gasteiger partial charge in [-0.25, -0.2) is 4.79 Å². The Labute approximate surface area is 175 Å². The quantitative estimate of drug-likeness (QED) is 0.501. The minimum Gasteiger partial charge on any atom is -0.497 e. The van der Waals surface area contributed by atoms with E-state index in [0.717, 1.165) is 18.2 Å². The van der Waals surface area contributed by atoms with Gasteiger partial charge in [0.05, 0.1) is 30.5 Å². The summed E-state index contributed by atoms with van der Waals surface area (Å²) in [7, 11) is 2.95. The molecule has 30 heavy (non-hydrogen) atoms. The molecule has 0 bridgehead atoms. The minimum absolute atomic E-state index is 0.0887. The average Bonchev–Trinajstić information content (AvgIpc) is 2.71. The predicted molar refractivity (Wildman–Crippen MR) is 105 cm³/mol. The number of carbonyl (C=O) groups excluding carboxylic acids is 2. The van der Waals surface area contributed by atoms with Crippen molar-refractivity contribution >= 4 is 35.2 Å². The molecule has 0 unspecified atom stereocenters. The van der Waals surface area contributed by atoms with Gasteiger partial charge < -0.3 is 19.5 Å². The molecule has 1 amide bonds. The van der Waals surface area contributed by atoms with Gasteiger partial charge in [0.2, 0.25) is 0 Å². The number of benzene rings is 2. The number of esters is 1. The van der Waals surface area contributed by atoms with Crippen LogP contribution in [0.1, 0.15) is 11.1 Å². The van der Waals surface area contributed by atoms with E-state index in [1.807, 2.05) is 0 Å². The van der Waals surface area contributed by atoms with Crippen LogP contribution < -0.4 is 14.8 Å². The van der Waals surface area contributed by atoms with Crippen molar-refractivity contribution in [3.05, 3.63) is 58.6 Å². The molecule has 160 valence electrons. The zero-order valence-electron chi connectivity index (χ0n) is 15.9. The highest BCUT2D eigenvalue weighted by Crippen LogP contribution is 2.33. The van der Waals surface area contributed by atoms with Crippen LogP contribution in [0.4, 0.5) is 18.9 Å². The molecule has 10 heteroatoms. The molecule has 0 fully saturated rings. The molecule has 0 aliphatic rings. The lowest BCUT2D eigenvalue weighted by Crippen LogP contribution is -2.20. The number of rotatable bonds is 7. The number of alkyl halides is 3. The SMILES string of the molecule is COc1ccc(C=CC(=O)OCC(=O)Nc2cc(C(F)(F)F)ccc2Cl)c(OC)c1. The normalized spacial score (nSPS) is 11.3. The van der Waals surface area contributed by atoms with Gasteiger partial charge in [-0.15, -0.1) is 0 Å². The maximum atomic E-state index is 12.8. The van der Waals surface area contributed by atoms with Gasteiger partial charge in [-0.1, -0.05) is 11.6 Å². The molecule has 0 atom stereocenters. The Morgan fingerprint density at radius 1 is 1.10 bits per heavy atom. The van der Waals surface area contributed by atoms with Crippen LogP contribution in [0.3, 0.4) is 0 Å². The molecule has 0 spiro atoms. The lowest BCUT2D eigenvalue weighted by Gasteiger charge is -2.11. The summed E-state index contributed by atoms with van der Waals surface area (Å²) < 4.78 is 53.3. The van der Waals surface area contributed by atoms with Crippen LogP contribution in [-0.4, -0.2) is 32.7 Å². The molecule has 2 aromatic carbocycles. The smallest absolute Gasteiger partial charge is 0.416 e. The number of nitrogens with one attached hydrogen (secondary N) is 1. The van der Waals surface area contributed by atoms with Crippen molar-refractivity contribution in [3.63, 3.8) is 0 Å². The number of amides is 1. The summed E-state index contributed by atoms with van der Waals surface area (Å²) >= 11 is 5.80. The van der Waals surface area contributed by atoms with Crippen LogP contribution in [0.5, 0.6) is 11.5 Å². The van der Waals surface area contributed by atoms with E-state index in [-0.39, 0.29) is 10.7 Å². The summed E-state index contributed by atoms with van der Waals surface area (Å²) in [6.45, 7) is -0.713. The van der Waals surface area contributed by atoms with E-state index in [2.05, 4.69) is 5.32 Å². The Balaban J connectivity index is 1.95. The molecule has 0 aromatic heterocycles. The van der Waals surface area contributed by atoms with E-state index in [1.165, 1.54) is 20.3 Å². The molecule has 0 saturated heterocycles. The Bertz CT molecular complexity index is 960. The molecule has 0 radical (unpaired) electrons. The first-order valence-corrected chi connectivity index (χ1v) is 8.75. The highest BCUT2D eigenvalue weighted by Gasteiger charge is 2.31. The summed E-state index contributed by atoms with van der Waals surface area (Å²) in [5, 5.41) is 2.09. The number of methoxy groups -OCH3 is 2. The molecule has 2 rings (SSSR count). The second kappa shape index (κ2) is 10.0. The predicted octanol–water partition coefficient (Wildman–Crippen LogP) is 4.57. The van der Waals surface area contributed by atoms with Gasteiger partial charge in [0, 0.05) is 17.7 Å². The third-order valence-corrected chi connectivity index (χ3v) is 4.08. The Morgan fingerprint density at radius 3 is 2.47 bits per heavy atom. The van der Waals surface area contributed by atoms with Crippen molar-refractivity contribution in [1.82, 2.24) is 0 Å². The van der Waals surface area contributed by atoms with Gasteiger partial charge in [0.25, 0.3) is 5.91 Å². The van der Waals surface area contributed by atoms with Gasteiger partial charge >= 0.3 is 12.1 Å². The van der Waals surface area contributed by atoms with Crippen molar-refractivity contribution < 1.29 is 37.0 Å². The standard InChI is InChI=1S/C20H17ClF3NO5/c1-28-14-6-3-12(17(10-14)29-2)4-8-19(27)30-11-18(26)25-16-9-13(20(22,23)24)5-7-15(16)21/h3-10H,11H2,1-2H3,(H,25,26). The molecule has 0 saturated carbocycles. The van der Waals surface area contributed by atoms with Crippen LogP contribution in [0, 0.1) is 0 Å². The van der Waals surface area contributed by atoms with Crippen molar-refractivity contribution in [2.24, 2.45) is 0 Å². The van der Waals surface area contributed by atoms with Crippen LogP contribution in [0.2, 0.25) is 5.02 Å². The summed E-state index contributed by atoms with van der Waals surface area (Å²) in [5.74, 6) is -0.662. The molecule has 2 aromatic rings. The third-order valence-electron chi connectivity index (χ3n) is 3.75. The van der Waals surface area contributed by atoms with Gasteiger partial charge in [-0.05, 0) is 36.4 Å². The van der Waals surface area contributed by atoms with E-state index in [9.17, 15) is 22.8 Å². The number of anilines is 1. The third kappa shape index (κ3) is 6.41. The fraction of sp³-hybridized carbons (Fsp3) is 0.200. The zero-order valence-corrected chi connectivity index (χ0v) is 16.6. The first-order valence-electron chi connectivity index (χ1n) is 8.37. The fourth-order valence-corrected chi connectivity index (χ4v) is 2.45. The van der Waals surface area contributed by atoms with Gasteiger partial charge in [0.1, 0.15) is 11.5 Å². The Hall–Kier alpha value is -3.20. The molecular weight excluding hydrogens is 427 g/mol. The van der Waals surface area contributed by atoms with E-state index < -0.39 is 30.2 Å². The second-order valence-corrected chi connectivity index (χ2v) is 6.20. The lowest BCUT2D eigenvalue weighted by molar-refractivity contribution is -0.142. The first-order chi connectivity index (χ1) is 14.1. The number of halogens is 4. The van der Waals surface area contributed by atoms with E-state index in [1.54, 1.807) is 18.2 Å². The summed E-state index contributed by atoms with van der Waals surface area (Å²) in [6.07, 6.45) is -2.10. The summed E-state index contributed by atoms with van der Waals surface area (Å²) in [6, 6.07) is 7.44. The maximum absolute atomic E-state index is 12.8. The van der Waals surface area contributed by atoms with Crippen molar-refractivity contribution in [2.75, 3.05) is 26.1 Å². The maximum Gasteiger partial charge on any atom is 0.416 e. The lowest BCUT2D eigenvalue weighted by atomic mass is 10.2. The van der Waals surface area contributed by atoms with Crippen LogP contribution in [0.25, 0.3) is 6.08 Å². The summed E-state index contributed by atoms with van der Waals surface area (Å²) in [4.78, 5) is 23.7. The van der Waals surface area contributed by atoms with Crippen molar-refractivity contribution in [1.29, 1.82) is 0 Å². The van der Waals surface area contributed by atoms with E-state index >= 15 is 0 Å². The second-order valence-electron chi connectivity index (χ2n) is 5.79. The van der Waals surface area contributed by atoms with Crippen LogP contribution in [0.15, 0.2) is 42.5 Å². The average molecular weight is 444 g/mol. The molecule has 6 nitrogen and oxygen atoms in total. The monoisotopic (exact) mass is 443 g/mol. The molecule has 0 aliphatic heterocycles. The first kappa shape index (κ1) is 23.1. The number of ether oxygens (including phenoxy) is 3. The van der Waals surface area contributed by atoms with E-state index in [4.69, 9.17) is 25.8 Å². The van der Waals surface area contributed by atoms with Crippen molar-refractivity contribution in [2.45, 2.75) is 6.18 Å². The zero-order chi connectivity index (χ0) is 22.3. The topological polar surface area (TPSA) is 73.9 Å². The summed E-state index contributed by atoms with van der Waals surface area (Å²) in [5.41, 5.74) is -0.655. The Kier molecular flexibility index (Phi) is 7.71. The number of carbonyl (C=O) groups is 2. The molecule has 0 heterocycles.